The van der Waals surface area contributed by atoms with Crippen LogP contribution in [0.3, 0.4) is 0 Å². The number of fused-ring (bicyclic) bond motifs is 1. The number of unbranched alkanes of at least 4 members (excludes halogenated alkanes) is 1. The monoisotopic (exact) mass is 333 g/mol. The average Bonchev–Trinajstić information content (AvgIpc) is 2.91. The standard InChI is InChI=1S/C17H23N3O4/c1-18(2)11-10-14-13-19(16-8-4-3-7-15(14)16)17(21)9-5-6-12-24-20(22)23/h3-4,7-8,13H,5-6,9-12H2,1-2H3. The van der Waals surface area contributed by atoms with Crippen molar-refractivity contribution in [3.05, 3.63) is 46.1 Å². The second-order valence-electron chi connectivity index (χ2n) is 6.00. The van der Waals surface area contributed by atoms with E-state index in [-0.39, 0.29) is 12.5 Å². The molecule has 0 bridgehead atoms. The van der Waals surface area contributed by atoms with E-state index in [1.807, 2.05) is 44.6 Å². The van der Waals surface area contributed by atoms with Crippen LogP contribution in [0.5, 0.6) is 0 Å². The van der Waals surface area contributed by atoms with Crippen LogP contribution >= 0.6 is 0 Å². The summed E-state index contributed by atoms with van der Waals surface area (Å²) in [5.41, 5.74) is 2.07. The van der Waals surface area contributed by atoms with E-state index in [1.54, 1.807) is 4.57 Å². The van der Waals surface area contributed by atoms with Crippen molar-refractivity contribution in [1.29, 1.82) is 0 Å². The van der Waals surface area contributed by atoms with Gasteiger partial charge in [-0.05, 0) is 45.0 Å². The molecule has 7 heteroatoms. The molecule has 0 aliphatic carbocycles. The van der Waals surface area contributed by atoms with E-state index in [4.69, 9.17) is 0 Å². The Morgan fingerprint density at radius 1 is 1.29 bits per heavy atom. The van der Waals surface area contributed by atoms with E-state index in [1.165, 1.54) is 0 Å². The molecule has 0 spiro atoms. The Balaban J connectivity index is 2.04. The smallest absolute Gasteiger partial charge is 0.294 e. The van der Waals surface area contributed by atoms with Gasteiger partial charge in [-0.25, -0.2) is 0 Å². The molecule has 2 rings (SSSR count). The van der Waals surface area contributed by atoms with E-state index >= 15 is 0 Å². The highest BCUT2D eigenvalue weighted by atomic mass is 16.9. The minimum absolute atomic E-state index is 0.00315. The molecule has 0 saturated carbocycles. The first-order valence-corrected chi connectivity index (χ1v) is 8.03. The van der Waals surface area contributed by atoms with Gasteiger partial charge in [-0.1, -0.05) is 18.2 Å². The van der Waals surface area contributed by atoms with Gasteiger partial charge in [0, 0.05) is 24.5 Å². The van der Waals surface area contributed by atoms with Crippen LogP contribution in [0.4, 0.5) is 0 Å². The zero-order valence-corrected chi connectivity index (χ0v) is 14.1. The third kappa shape index (κ3) is 4.79. The summed E-state index contributed by atoms with van der Waals surface area (Å²) in [5, 5.41) is 10.4. The summed E-state index contributed by atoms with van der Waals surface area (Å²) in [6.07, 6.45) is 4.19. The molecule has 0 saturated heterocycles. The Morgan fingerprint density at radius 3 is 2.75 bits per heavy atom. The summed E-state index contributed by atoms with van der Waals surface area (Å²) in [5.74, 6) is 0.00315. The van der Waals surface area contributed by atoms with Crippen LogP contribution in [0.25, 0.3) is 10.9 Å². The van der Waals surface area contributed by atoms with Gasteiger partial charge >= 0.3 is 0 Å². The Morgan fingerprint density at radius 2 is 2.04 bits per heavy atom. The fourth-order valence-corrected chi connectivity index (χ4v) is 2.64. The van der Waals surface area contributed by atoms with Crippen molar-refractivity contribution in [2.75, 3.05) is 27.2 Å². The number of benzene rings is 1. The molecule has 7 nitrogen and oxygen atoms in total. The van der Waals surface area contributed by atoms with Crippen molar-refractivity contribution in [3.63, 3.8) is 0 Å². The highest BCUT2D eigenvalue weighted by Crippen LogP contribution is 2.22. The number of hydrogen-bond donors (Lipinski definition) is 0. The largest absolute Gasteiger partial charge is 0.314 e. The molecule has 1 heterocycles. The molecule has 0 aliphatic rings. The molecule has 0 atom stereocenters. The second kappa shape index (κ2) is 8.44. The number of hydrogen-bond acceptors (Lipinski definition) is 5. The van der Waals surface area contributed by atoms with Gasteiger partial charge in [0.2, 0.25) is 5.91 Å². The maximum Gasteiger partial charge on any atom is 0.294 e. The zero-order chi connectivity index (χ0) is 17.5. The minimum Gasteiger partial charge on any atom is -0.314 e. The zero-order valence-electron chi connectivity index (χ0n) is 14.1. The van der Waals surface area contributed by atoms with Gasteiger partial charge < -0.3 is 9.74 Å². The summed E-state index contributed by atoms with van der Waals surface area (Å²) in [6, 6.07) is 7.88. The average molecular weight is 333 g/mol. The van der Waals surface area contributed by atoms with Gasteiger partial charge in [-0.2, -0.15) is 0 Å². The van der Waals surface area contributed by atoms with Crippen LogP contribution in [-0.4, -0.2) is 47.7 Å². The van der Waals surface area contributed by atoms with Crippen molar-refractivity contribution in [3.8, 4) is 0 Å². The topological polar surface area (TPSA) is 77.6 Å². The van der Waals surface area contributed by atoms with Gasteiger partial charge in [0.1, 0.15) is 0 Å². The fraction of sp³-hybridized carbons (Fsp3) is 0.471. The molecule has 1 aromatic carbocycles. The van der Waals surface area contributed by atoms with Gasteiger partial charge in [-0.3, -0.25) is 9.36 Å². The van der Waals surface area contributed by atoms with Gasteiger partial charge in [-0.15, -0.1) is 10.1 Å². The highest BCUT2D eigenvalue weighted by Gasteiger charge is 2.13. The number of aromatic nitrogens is 1. The predicted molar refractivity (Wildman–Crippen MR) is 91.6 cm³/mol. The molecule has 0 amide bonds. The highest BCUT2D eigenvalue weighted by molar-refractivity contribution is 5.94. The molecule has 0 aliphatic heterocycles. The van der Waals surface area contributed by atoms with Gasteiger partial charge in [0.25, 0.3) is 5.09 Å². The van der Waals surface area contributed by atoms with Gasteiger partial charge in [0.05, 0.1) is 12.1 Å². The van der Waals surface area contributed by atoms with Crippen molar-refractivity contribution in [2.24, 2.45) is 0 Å². The lowest BCUT2D eigenvalue weighted by Crippen LogP contribution is -2.15. The molecule has 24 heavy (non-hydrogen) atoms. The number of rotatable bonds is 9. The van der Waals surface area contributed by atoms with Crippen molar-refractivity contribution < 1.29 is 14.7 Å². The molecule has 1 aromatic heterocycles. The third-order valence-electron chi connectivity index (χ3n) is 3.87. The van der Waals surface area contributed by atoms with Crippen molar-refractivity contribution >= 4 is 16.8 Å². The van der Waals surface area contributed by atoms with Crippen molar-refractivity contribution in [2.45, 2.75) is 25.7 Å². The minimum atomic E-state index is -0.807. The number of carbonyl (C=O) groups excluding carboxylic acids is 1. The first-order chi connectivity index (χ1) is 11.5. The summed E-state index contributed by atoms with van der Waals surface area (Å²) in [7, 11) is 4.05. The van der Waals surface area contributed by atoms with Crippen LogP contribution < -0.4 is 0 Å². The van der Waals surface area contributed by atoms with E-state index in [0.717, 1.165) is 29.4 Å². The molecule has 0 unspecified atom stereocenters. The molecular formula is C17H23N3O4. The van der Waals surface area contributed by atoms with E-state index in [9.17, 15) is 14.9 Å². The number of likely N-dealkylation sites (N-methyl/N-ethyl adjacent to an activating group) is 1. The third-order valence-corrected chi connectivity index (χ3v) is 3.87. The molecule has 130 valence electrons. The van der Waals surface area contributed by atoms with Crippen LogP contribution in [0.2, 0.25) is 0 Å². The molecule has 0 N–H and O–H groups in total. The Hall–Kier alpha value is -2.41. The Labute approximate surface area is 140 Å². The predicted octanol–water partition coefficient (Wildman–Crippen LogP) is 2.76. The van der Waals surface area contributed by atoms with E-state index < -0.39 is 5.09 Å². The molecule has 2 aromatic rings. The van der Waals surface area contributed by atoms with Crippen LogP contribution in [0, 0.1) is 10.1 Å². The first kappa shape index (κ1) is 17.9. The Kier molecular flexibility index (Phi) is 6.31. The SMILES string of the molecule is CN(C)CCc1cn(C(=O)CCCCO[N+](=O)[O-])c2ccccc12. The van der Waals surface area contributed by atoms with Gasteiger partial charge in [0.15, 0.2) is 0 Å². The summed E-state index contributed by atoms with van der Waals surface area (Å²) in [6.45, 7) is 0.946. The molecular weight excluding hydrogens is 310 g/mol. The van der Waals surface area contributed by atoms with E-state index in [0.29, 0.717) is 19.3 Å². The number of carbonyl (C=O) groups is 1. The molecule has 0 fully saturated rings. The lowest BCUT2D eigenvalue weighted by Gasteiger charge is -2.07. The van der Waals surface area contributed by atoms with Crippen LogP contribution in [-0.2, 0) is 11.3 Å². The van der Waals surface area contributed by atoms with Crippen LogP contribution in [0.15, 0.2) is 30.5 Å². The lowest BCUT2D eigenvalue weighted by atomic mass is 10.1. The maximum absolute atomic E-state index is 12.5. The summed E-state index contributed by atoms with van der Waals surface area (Å²) < 4.78 is 1.70. The Bertz CT molecular complexity index is 709. The molecule has 0 radical (unpaired) electrons. The number of para-hydroxylation sites is 1. The second-order valence-corrected chi connectivity index (χ2v) is 6.00. The normalized spacial score (nSPS) is 11.1. The number of nitrogens with zero attached hydrogens (tertiary/aromatic N) is 3. The summed E-state index contributed by atoms with van der Waals surface area (Å²) >= 11 is 0. The lowest BCUT2D eigenvalue weighted by molar-refractivity contribution is -0.757. The van der Waals surface area contributed by atoms with Crippen LogP contribution in [0.1, 0.15) is 29.6 Å². The van der Waals surface area contributed by atoms with E-state index in [2.05, 4.69) is 9.74 Å². The quantitative estimate of drug-likeness (QED) is 0.400. The summed E-state index contributed by atoms with van der Waals surface area (Å²) in [4.78, 5) is 28.9. The maximum atomic E-state index is 12.5. The van der Waals surface area contributed by atoms with Crippen molar-refractivity contribution in [1.82, 2.24) is 9.47 Å². The fourth-order valence-electron chi connectivity index (χ4n) is 2.64. The first-order valence-electron chi connectivity index (χ1n) is 8.03.